The quantitative estimate of drug-likeness (QED) is 0.851. The summed E-state index contributed by atoms with van der Waals surface area (Å²) < 4.78 is 0. The Labute approximate surface area is 162 Å². The number of rotatable bonds is 4. The Balaban J connectivity index is 0.00000196. The Morgan fingerprint density at radius 2 is 1.85 bits per heavy atom. The number of halogens is 1. The number of benzene rings is 2. The molecule has 1 unspecified atom stereocenters. The van der Waals surface area contributed by atoms with E-state index in [1.54, 1.807) is 0 Å². The lowest BCUT2D eigenvalue weighted by Gasteiger charge is -2.23. The molecule has 138 valence electrons. The van der Waals surface area contributed by atoms with E-state index in [9.17, 15) is 4.79 Å². The molecular formula is C22H27ClN2O. The van der Waals surface area contributed by atoms with E-state index >= 15 is 0 Å². The largest absolute Gasteiger partial charge is 0.352 e. The SMILES string of the molecule is Cc1ccc(-c2cccc(CNC(=O)C3CC34CCNCC4)c2)cc1.Cl. The standard InChI is InChI=1S/C22H26N2O.ClH/c1-16-5-7-18(8-6-16)19-4-2-3-17(13-19)15-24-21(25)20-14-22(20)9-11-23-12-10-22;/h2-8,13,20,23H,9-12,14-15H2,1H3,(H,24,25);1H. The Bertz CT molecular complexity index is 766. The summed E-state index contributed by atoms with van der Waals surface area (Å²) in [6, 6.07) is 17.0. The number of piperidine rings is 1. The molecule has 26 heavy (non-hydrogen) atoms. The minimum absolute atomic E-state index is 0. The normalized spacial score (nSPS) is 20.3. The Morgan fingerprint density at radius 1 is 1.12 bits per heavy atom. The number of hydrogen-bond acceptors (Lipinski definition) is 2. The van der Waals surface area contributed by atoms with Crippen LogP contribution in [0.1, 0.15) is 30.4 Å². The van der Waals surface area contributed by atoms with E-state index in [0.717, 1.165) is 37.9 Å². The second kappa shape index (κ2) is 7.81. The average molecular weight is 371 g/mol. The van der Waals surface area contributed by atoms with E-state index in [4.69, 9.17) is 0 Å². The molecule has 2 fully saturated rings. The van der Waals surface area contributed by atoms with E-state index in [-0.39, 0.29) is 24.2 Å². The van der Waals surface area contributed by atoms with Crippen LogP contribution in [0.25, 0.3) is 11.1 Å². The van der Waals surface area contributed by atoms with Crippen LogP contribution in [0.2, 0.25) is 0 Å². The Morgan fingerprint density at radius 3 is 2.58 bits per heavy atom. The van der Waals surface area contributed by atoms with Gasteiger partial charge < -0.3 is 10.6 Å². The first-order chi connectivity index (χ1) is 12.2. The van der Waals surface area contributed by atoms with Crippen molar-refractivity contribution in [2.45, 2.75) is 32.7 Å². The number of amides is 1. The highest BCUT2D eigenvalue weighted by molar-refractivity contribution is 5.85. The van der Waals surface area contributed by atoms with Crippen LogP contribution >= 0.6 is 12.4 Å². The van der Waals surface area contributed by atoms with Crippen molar-refractivity contribution in [3.8, 4) is 11.1 Å². The minimum Gasteiger partial charge on any atom is -0.352 e. The lowest BCUT2D eigenvalue weighted by Crippen LogP contribution is -2.33. The first-order valence-corrected chi connectivity index (χ1v) is 9.31. The number of nitrogens with one attached hydrogen (secondary N) is 2. The van der Waals surface area contributed by atoms with Gasteiger partial charge in [-0.1, -0.05) is 48.0 Å². The molecular weight excluding hydrogens is 344 g/mol. The molecule has 3 nitrogen and oxygen atoms in total. The monoisotopic (exact) mass is 370 g/mol. The highest BCUT2D eigenvalue weighted by atomic mass is 35.5. The molecule has 1 heterocycles. The fourth-order valence-corrected chi connectivity index (χ4v) is 4.11. The average Bonchev–Trinajstić information content (AvgIpc) is 3.34. The molecule has 1 atom stereocenters. The van der Waals surface area contributed by atoms with E-state index in [2.05, 4.69) is 66.1 Å². The zero-order valence-corrected chi connectivity index (χ0v) is 16.1. The van der Waals surface area contributed by atoms with Crippen molar-refractivity contribution in [3.05, 3.63) is 59.7 Å². The predicted octanol–water partition coefficient (Wildman–Crippen LogP) is 4.09. The van der Waals surface area contributed by atoms with E-state index in [1.807, 2.05) is 0 Å². The summed E-state index contributed by atoms with van der Waals surface area (Å²) in [6.45, 7) is 4.83. The van der Waals surface area contributed by atoms with Gasteiger partial charge in [0.15, 0.2) is 0 Å². The number of carbonyl (C=O) groups excluding carboxylic acids is 1. The molecule has 2 aliphatic rings. The van der Waals surface area contributed by atoms with Gasteiger partial charge in [-0.3, -0.25) is 4.79 Å². The highest BCUT2D eigenvalue weighted by Gasteiger charge is 2.57. The molecule has 4 heteroatoms. The molecule has 1 saturated heterocycles. The maximum atomic E-state index is 12.5. The van der Waals surface area contributed by atoms with Crippen molar-refractivity contribution < 1.29 is 4.79 Å². The molecule has 0 bridgehead atoms. The Hall–Kier alpha value is -1.84. The summed E-state index contributed by atoms with van der Waals surface area (Å²) in [5, 5.41) is 6.55. The maximum Gasteiger partial charge on any atom is 0.223 e. The summed E-state index contributed by atoms with van der Waals surface area (Å²) in [7, 11) is 0. The summed E-state index contributed by atoms with van der Waals surface area (Å²) in [6.07, 6.45) is 3.37. The molecule has 0 radical (unpaired) electrons. The van der Waals surface area contributed by atoms with Crippen molar-refractivity contribution >= 4 is 18.3 Å². The zero-order chi connectivity index (χ0) is 17.3. The van der Waals surface area contributed by atoms with E-state index in [0.29, 0.717) is 12.0 Å². The van der Waals surface area contributed by atoms with Crippen molar-refractivity contribution in [2.24, 2.45) is 11.3 Å². The fraction of sp³-hybridized carbons (Fsp3) is 0.409. The van der Waals surface area contributed by atoms with Crippen LogP contribution in [0, 0.1) is 18.3 Å². The number of hydrogen-bond donors (Lipinski definition) is 2. The Kier molecular flexibility index (Phi) is 5.69. The fourth-order valence-electron chi connectivity index (χ4n) is 4.11. The smallest absolute Gasteiger partial charge is 0.223 e. The zero-order valence-electron chi connectivity index (χ0n) is 15.3. The van der Waals surface area contributed by atoms with E-state index < -0.39 is 0 Å². The number of carbonyl (C=O) groups is 1. The molecule has 1 amide bonds. The second-order valence-corrected chi connectivity index (χ2v) is 7.65. The second-order valence-electron chi connectivity index (χ2n) is 7.65. The van der Waals surface area contributed by atoms with Gasteiger partial charge in [-0.25, -0.2) is 0 Å². The summed E-state index contributed by atoms with van der Waals surface area (Å²) >= 11 is 0. The first kappa shape index (κ1) is 18.9. The van der Waals surface area contributed by atoms with Crippen LogP contribution in [0.4, 0.5) is 0 Å². The van der Waals surface area contributed by atoms with Gasteiger partial charge in [-0.15, -0.1) is 12.4 Å². The molecule has 1 saturated carbocycles. The van der Waals surface area contributed by atoms with E-state index in [1.165, 1.54) is 16.7 Å². The highest BCUT2D eigenvalue weighted by Crippen LogP contribution is 2.58. The van der Waals surface area contributed by atoms with Crippen LogP contribution in [0.3, 0.4) is 0 Å². The molecule has 0 aromatic heterocycles. The summed E-state index contributed by atoms with van der Waals surface area (Å²) in [5.74, 6) is 0.470. The molecule has 2 aromatic rings. The van der Waals surface area contributed by atoms with Crippen LogP contribution in [-0.4, -0.2) is 19.0 Å². The van der Waals surface area contributed by atoms with Gasteiger partial charge in [-0.05, 0) is 67.4 Å². The van der Waals surface area contributed by atoms with Crippen molar-refractivity contribution in [3.63, 3.8) is 0 Å². The maximum absolute atomic E-state index is 12.5. The third-order valence-electron chi connectivity index (χ3n) is 5.88. The number of aryl methyl sites for hydroxylation is 1. The van der Waals surface area contributed by atoms with Gasteiger partial charge in [0.05, 0.1) is 0 Å². The minimum atomic E-state index is 0. The van der Waals surface area contributed by atoms with Gasteiger partial charge in [0, 0.05) is 12.5 Å². The molecule has 1 spiro atoms. The molecule has 4 rings (SSSR count). The van der Waals surface area contributed by atoms with Gasteiger partial charge in [-0.2, -0.15) is 0 Å². The predicted molar refractivity (Wildman–Crippen MR) is 108 cm³/mol. The lowest BCUT2D eigenvalue weighted by molar-refractivity contribution is -0.123. The molecule has 1 aliphatic carbocycles. The van der Waals surface area contributed by atoms with Gasteiger partial charge in [0.2, 0.25) is 5.91 Å². The summed E-state index contributed by atoms with van der Waals surface area (Å²) in [4.78, 5) is 12.5. The van der Waals surface area contributed by atoms with Crippen LogP contribution in [0.15, 0.2) is 48.5 Å². The van der Waals surface area contributed by atoms with Crippen molar-refractivity contribution in [1.29, 1.82) is 0 Å². The van der Waals surface area contributed by atoms with Crippen LogP contribution in [0.5, 0.6) is 0 Å². The van der Waals surface area contributed by atoms with Gasteiger partial charge >= 0.3 is 0 Å². The summed E-state index contributed by atoms with van der Waals surface area (Å²) in [5.41, 5.74) is 5.15. The molecule has 2 N–H and O–H groups in total. The van der Waals surface area contributed by atoms with Crippen molar-refractivity contribution in [1.82, 2.24) is 10.6 Å². The molecule has 2 aromatic carbocycles. The van der Waals surface area contributed by atoms with Gasteiger partial charge in [0.25, 0.3) is 0 Å². The molecule has 1 aliphatic heterocycles. The van der Waals surface area contributed by atoms with Crippen LogP contribution in [-0.2, 0) is 11.3 Å². The van der Waals surface area contributed by atoms with Crippen molar-refractivity contribution in [2.75, 3.05) is 13.1 Å². The van der Waals surface area contributed by atoms with Crippen LogP contribution < -0.4 is 10.6 Å². The lowest BCUT2D eigenvalue weighted by atomic mass is 9.92. The third kappa shape index (κ3) is 3.94. The van der Waals surface area contributed by atoms with Gasteiger partial charge in [0.1, 0.15) is 0 Å². The first-order valence-electron chi connectivity index (χ1n) is 9.31. The topological polar surface area (TPSA) is 41.1 Å². The third-order valence-corrected chi connectivity index (χ3v) is 5.88.